The molecule has 138 valence electrons. The molecule has 3 rings (SSSR count). The summed E-state index contributed by atoms with van der Waals surface area (Å²) >= 11 is 6.18. The Morgan fingerprint density at radius 2 is 2.08 bits per heavy atom. The topological polar surface area (TPSA) is 84.2 Å². The highest BCUT2D eigenvalue weighted by Gasteiger charge is 2.29. The summed E-state index contributed by atoms with van der Waals surface area (Å²) in [6.45, 7) is 0.516. The van der Waals surface area contributed by atoms with Gasteiger partial charge >= 0.3 is 5.69 Å². The van der Waals surface area contributed by atoms with Crippen molar-refractivity contribution in [3.8, 4) is 0 Å². The van der Waals surface area contributed by atoms with Crippen LogP contribution in [0.25, 0.3) is 0 Å². The number of aliphatic hydroxyl groups is 1. The van der Waals surface area contributed by atoms with Crippen molar-refractivity contribution in [1.29, 1.82) is 0 Å². The minimum atomic E-state index is -0.832. The maximum absolute atomic E-state index is 12.5. The molecule has 1 heterocycles. The number of amides is 1. The number of halogens is 1. The number of hydrogen-bond acceptors (Lipinski definition) is 4. The zero-order valence-corrected chi connectivity index (χ0v) is 15.2. The predicted octanol–water partition coefficient (Wildman–Crippen LogP) is 2.37. The van der Waals surface area contributed by atoms with Gasteiger partial charge in [0, 0.05) is 18.9 Å². The van der Waals surface area contributed by atoms with E-state index in [1.807, 2.05) is 0 Å². The van der Waals surface area contributed by atoms with Crippen LogP contribution < -0.4 is 11.0 Å². The Bertz CT molecular complexity index is 844. The summed E-state index contributed by atoms with van der Waals surface area (Å²) in [5.41, 5.74) is -0.0828. The molecule has 1 amide bonds. The number of benzene rings is 1. The predicted molar refractivity (Wildman–Crippen MR) is 99.4 cm³/mol. The smallest absolute Gasteiger partial charge is 0.347 e. The first-order valence-electron chi connectivity index (χ1n) is 8.77. The van der Waals surface area contributed by atoms with Crippen LogP contribution in [0.1, 0.15) is 48.0 Å². The first-order chi connectivity index (χ1) is 12.5. The van der Waals surface area contributed by atoms with Crippen LogP contribution in [-0.2, 0) is 6.54 Å². The van der Waals surface area contributed by atoms with Gasteiger partial charge in [0.25, 0.3) is 5.91 Å². The van der Waals surface area contributed by atoms with Crippen molar-refractivity contribution in [3.63, 3.8) is 0 Å². The van der Waals surface area contributed by atoms with Gasteiger partial charge in [0.2, 0.25) is 0 Å². The molecule has 7 heteroatoms. The van der Waals surface area contributed by atoms with Crippen molar-refractivity contribution in [2.24, 2.45) is 0 Å². The molecule has 2 N–H and O–H groups in total. The van der Waals surface area contributed by atoms with Gasteiger partial charge in [-0.15, -0.1) is 0 Å². The van der Waals surface area contributed by atoms with Crippen molar-refractivity contribution in [1.82, 2.24) is 14.9 Å². The molecule has 1 aliphatic carbocycles. The van der Waals surface area contributed by atoms with Crippen molar-refractivity contribution in [2.45, 2.75) is 44.2 Å². The summed E-state index contributed by atoms with van der Waals surface area (Å²) in [5.74, 6) is -0.325. The highest BCUT2D eigenvalue weighted by molar-refractivity contribution is 6.33. The highest BCUT2D eigenvalue weighted by atomic mass is 35.5. The van der Waals surface area contributed by atoms with Crippen LogP contribution in [0.15, 0.2) is 41.5 Å². The van der Waals surface area contributed by atoms with Crippen molar-refractivity contribution in [3.05, 3.63) is 63.3 Å². The summed E-state index contributed by atoms with van der Waals surface area (Å²) in [6, 6.07) is 6.76. The standard InChI is InChI=1S/C19H22ClN3O3/c20-16-6-5-14(12-23-10-4-9-21-18(23)25)11-15(16)17(24)22-13-19(26)7-2-1-3-8-19/h4-6,9-11,26H,1-3,7-8,12-13H2,(H,22,24). The molecule has 0 radical (unpaired) electrons. The van der Waals surface area contributed by atoms with Crippen LogP contribution in [-0.4, -0.2) is 32.7 Å². The quantitative estimate of drug-likeness (QED) is 0.840. The van der Waals surface area contributed by atoms with Gasteiger partial charge in [-0.1, -0.05) is 36.9 Å². The van der Waals surface area contributed by atoms with Crippen LogP contribution in [0.2, 0.25) is 5.02 Å². The summed E-state index contributed by atoms with van der Waals surface area (Å²) in [5, 5.41) is 13.7. The Kier molecular flexibility index (Phi) is 5.74. The third-order valence-electron chi connectivity index (χ3n) is 4.77. The van der Waals surface area contributed by atoms with E-state index in [1.54, 1.807) is 30.5 Å². The minimum Gasteiger partial charge on any atom is -0.388 e. The summed E-state index contributed by atoms with van der Waals surface area (Å²) < 4.78 is 1.45. The Balaban J connectivity index is 1.71. The summed E-state index contributed by atoms with van der Waals surface area (Å²) in [4.78, 5) is 28.0. The fraction of sp³-hybridized carbons (Fsp3) is 0.421. The van der Waals surface area contributed by atoms with E-state index in [-0.39, 0.29) is 18.1 Å². The van der Waals surface area contributed by atoms with Gasteiger partial charge in [0.15, 0.2) is 0 Å². The lowest BCUT2D eigenvalue weighted by atomic mass is 9.85. The van der Waals surface area contributed by atoms with Crippen LogP contribution >= 0.6 is 11.6 Å². The van der Waals surface area contributed by atoms with Gasteiger partial charge in [0.1, 0.15) is 0 Å². The van der Waals surface area contributed by atoms with Gasteiger partial charge in [-0.05, 0) is 36.6 Å². The number of carbonyl (C=O) groups is 1. The summed E-state index contributed by atoms with van der Waals surface area (Å²) in [7, 11) is 0. The monoisotopic (exact) mass is 375 g/mol. The average molecular weight is 376 g/mol. The van der Waals surface area contributed by atoms with Crippen molar-refractivity contribution >= 4 is 17.5 Å². The van der Waals surface area contributed by atoms with Crippen LogP contribution in [0.5, 0.6) is 0 Å². The minimum absolute atomic E-state index is 0.217. The molecule has 1 aromatic carbocycles. The molecule has 6 nitrogen and oxygen atoms in total. The van der Waals surface area contributed by atoms with Gasteiger partial charge in [-0.2, -0.15) is 0 Å². The molecule has 1 fully saturated rings. The molecule has 0 unspecified atom stereocenters. The molecule has 1 aliphatic rings. The Labute approximate surface area is 156 Å². The van der Waals surface area contributed by atoms with Crippen molar-refractivity contribution in [2.75, 3.05) is 6.54 Å². The van der Waals surface area contributed by atoms with Gasteiger partial charge in [0.05, 0.1) is 22.7 Å². The van der Waals surface area contributed by atoms with Gasteiger partial charge in [-0.25, -0.2) is 9.78 Å². The van der Waals surface area contributed by atoms with Gasteiger partial charge in [-0.3, -0.25) is 9.36 Å². The number of nitrogens with one attached hydrogen (secondary N) is 1. The zero-order valence-electron chi connectivity index (χ0n) is 14.4. The van der Waals surface area contributed by atoms with E-state index in [0.29, 0.717) is 30.0 Å². The SMILES string of the molecule is O=C(NCC1(O)CCCCC1)c1cc(Cn2cccnc2=O)ccc1Cl. The number of aromatic nitrogens is 2. The second kappa shape index (κ2) is 8.01. The van der Waals surface area contributed by atoms with E-state index >= 15 is 0 Å². The second-order valence-electron chi connectivity index (χ2n) is 6.81. The molecule has 0 spiro atoms. The molecule has 0 atom stereocenters. The third-order valence-corrected chi connectivity index (χ3v) is 5.10. The Hall–Kier alpha value is -2.18. The second-order valence-corrected chi connectivity index (χ2v) is 7.22. The number of carbonyl (C=O) groups excluding carboxylic acids is 1. The normalized spacial score (nSPS) is 16.2. The van der Waals surface area contributed by atoms with E-state index in [2.05, 4.69) is 10.3 Å². The average Bonchev–Trinajstić information content (AvgIpc) is 2.64. The first-order valence-corrected chi connectivity index (χ1v) is 9.15. The summed E-state index contributed by atoms with van der Waals surface area (Å²) in [6.07, 6.45) is 7.55. The zero-order chi connectivity index (χ0) is 18.6. The molecule has 26 heavy (non-hydrogen) atoms. The molecule has 0 aliphatic heterocycles. The maximum atomic E-state index is 12.5. The molecule has 1 aromatic heterocycles. The third kappa shape index (κ3) is 4.51. The van der Waals surface area contributed by atoms with E-state index in [9.17, 15) is 14.7 Å². The Morgan fingerprint density at radius 3 is 2.81 bits per heavy atom. The lowest BCUT2D eigenvalue weighted by Gasteiger charge is -2.32. The van der Waals surface area contributed by atoms with Crippen molar-refractivity contribution < 1.29 is 9.90 Å². The van der Waals surface area contributed by atoms with E-state index in [1.165, 1.54) is 10.8 Å². The first kappa shape index (κ1) is 18.6. The molecule has 0 saturated heterocycles. The fourth-order valence-electron chi connectivity index (χ4n) is 3.28. The Morgan fingerprint density at radius 1 is 1.31 bits per heavy atom. The molecule has 1 saturated carbocycles. The number of hydrogen-bond donors (Lipinski definition) is 2. The van der Waals surface area contributed by atoms with E-state index < -0.39 is 5.60 Å². The van der Waals surface area contributed by atoms with Crippen LogP contribution in [0.3, 0.4) is 0 Å². The number of rotatable bonds is 5. The maximum Gasteiger partial charge on any atom is 0.347 e. The largest absolute Gasteiger partial charge is 0.388 e. The molecule has 2 aromatic rings. The van der Waals surface area contributed by atoms with E-state index in [0.717, 1.165) is 24.8 Å². The van der Waals surface area contributed by atoms with Crippen LogP contribution in [0.4, 0.5) is 0 Å². The van der Waals surface area contributed by atoms with Crippen LogP contribution in [0, 0.1) is 0 Å². The fourth-order valence-corrected chi connectivity index (χ4v) is 3.48. The number of nitrogens with zero attached hydrogens (tertiary/aromatic N) is 2. The molecular weight excluding hydrogens is 354 g/mol. The molecular formula is C19H22ClN3O3. The highest BCUT2D eigenvalue weighted by Crippen LogP contribution is 2.27. The molecule has 0 bridgehead atoms. The van der Waals surface area contributed by atoms with Gasteiger partial charge < -0.3 is 10.4 Å². The lowest BCUT2D eigenvalue weighted by Crippen LogP contribution is -2.44. The lowest BCUT2D eigenvalue weighted by molar-refractivity contribution is 0.00526. The van der Waals surface area contributed by atoms with E-state index in [4.69, 9.17) is 11.6 Å².